The predicted octanol–water partition coefficient (Wildman–Crippen LogP) is 2.75. The molecule has 0 amide bonds. The Morgan fingerprint density at radius 2 is 1.81 bits per heavy atom. The van der Waals surface area contributed by atoms with E-state index in [4.69, 9.17) is 0 Å². The molecule has 0 aromatic carbocycles. The van der Waals surface area contributed by atoms with Crippen molar-refractivity contribution in [1.29, 1.82) is 0 Å². The zero-order valence-electron chi connectivity index (χ0n) is 9.78. The molecule has 3 aliphatic rings. The maximum absolute atomic E-state index is 12.2. The summed E-state index contributed by atoms with van der Waals surface area (Å²) in [6.45, 7) is 0. The maximum atomic E-state index is 12.2. The van der Waals surface area contributed by atoms with Crippen molar-refractivity contribution in [2.75, 3.05) is 0 Å². The van der Waals surface area contributed by atoms with Crippen LogP contribution in [0.4, 0.5) is 0 Å². The smallest absolute Gasteiger partial charge is 0.136 e. The highest BCUT2D eigenvalue weighted by Gasteiger charge is 2.48. The SMILES string of the molecule is O=C1CCCC(=O)[C@H]2[C@@H](C1)C[C@@H]1CCC[C@@H]12. The van der Waals surface area contributed by atoms with Gasteiger partial charge in [0.05, 0.1) is 0 Å². The number of hydrogen-bond donors (Lipinski definition) is 0. The molecule has 2 heteroatoms. The highest BCUT2D eigenvalue weighted by molar-refractivity contribution is 5.86. The molecule has 0 aromatic heterocycles. The fraction of sp³-hybridized carbons (Fsp3) is 0.857. The van der Waals surface area contributed by atoms with Gasteiger partial charge in [0.1, 0.15) is 11.6 Å². The summed E-state index contributed by atoms with van der Waals surface area (Å²) >= 11 is 0. The largest absolute Gasteiger partial charge is 0.300 e. The van der Waals surface area contributed by atoms with Crippen LogP contribution in [0.25, 0.3) is 0 Å². The normalized spacial score (nSPS) is 43.8. The van der Waals surface area contributed by atoms with Gasteiger partial charge in [-0.05, 0) is 37.0 Å². The molecule has 0 heterocycles. The molecule has 3 saturated carbocycles. The van der Waals surface area contributed by atoms with E-state index in [-0.39, 0.29) is 5.92 Å². The van der Waals surface area contributed by atoms with Crippen LogP contribution in [0.2, 0.25) is 0 Å². The van der Waals surface area contributed by atoms with Crippen molar-refractivity contribution in [3.05, 3.63) is 0 Å². The Balaban J connectivity index is 1.84. The number of hydrogen-bond acceptors (Lipinski definition) is 2. The second-order valence-corrected chi connectivity index (χ2v) is 5.94. The van der Waals surface area contributed by atoms with Crippen molar-refractivity contribution in [2.24, 2.45) is 23.7 Å². The molecule has 16 heavy (non-hydrogen) atoms. The Kier molecular flexibility index (Phi) is 2.61. The van der Waals surface area contributed by atoms with E-state index >= 15 is 0 Å². The third kappa shape index (κ3) is 1.63. The highest BCUT2D eigenvalue weighted by Crippen LogP contribution is 2.52. The Hall–Kier alpha value is -0.660. The third-order valence-electron chi connectivity index (χ3n) is 5.03. The van der Waals surface area contributed by atoms with Crippen molar-refractivity contribution >= 4 is 11.6 Å². The minimum atomic E-state index is 0.261. The van der Waals surface area contributed by atoms with Crippen molar-refractivity contribution < 1.29 is 9.59 Å². The second-order valence-electron chi connectivity index (χ2n) is 5.94. The molecule has 0 unspecified atom stereocenters. The quantitative estimate of drug-likeness (QED) is 0.629. The fourth-order valence-electron chi connectivity index (χ4n) is 4.45. The third-order valence-corrected chi connectivity index (χ3v) is 5.03. The van der Waals surface area contributed by atoms with Gasteiger partial charge in [0.25, 0.3) is 0 Å². The van der Waals surface area contributed by atoms with E-state index in [1.54, 1.807) is 0 Å². The average molecular weight is 220 g/mol. The van der Waals surface area contributed by atoms with Gasteiger partial charge in [-0.3, -0.25) is 9.59 Å². The monoisotopic (exact) mass is 220 g/mol. The second kappa shape index (κ2) is 3.97. The van der Waals surface area contributed by atoms with Crippen LogP contribution in [0, 0.1) is 23.7 Å². The van der Waals surface area contributed by atoms with E-state index in [0.717, 1.165) is 18.8 Å². The zero-order valence-corrected chi connectivity index (χ0v) is 9.78. The average Bonchev–Trinajstić information content (AvgIpc) is 2.74. The zero-order chi connectivity index (χ0) is 11.1. The number of rotatable bonds is 0. The summed E-state index contributed by atoms with van der Waals surface area (Å²) in [5.74, 6) is 2.97. The van der Waals surface area contributed by atoms with E-state index in [2.05, 4.69) is 0 Å². The molecular weight excluding hydrogens is 200 g/mol. The van der Waals surface area contributed by atoms with Gasteiger partial charge in [0.15, 0.2) is 0 Å². The molecule has 0 aromatic rings. The Morgan fingerprint density at radius 1 is 0.938 bits per heavy atom. The number of carbonyl (C=O) groups excluding carboxylic acids is 2. The van der Waals surface area contributed by atoms with E-state index in [1.165, 1.54) is 19.3 Å². The lowest BCUT2D eigenvalue weighted by Crippen LogP contribution is -2.28. The maximum Gasteiger partial charge on any atom is 0.136 e. The van der Waals surface area contributed by atoms with Gasteiger partial charge < -0.3 is 0 Å². The number of carbonyl (C=O) groups is 2. The van der Waals surface area contributed by atoms with Crippen LogP contribution >= 0.6 is 0 Å². The Labute approximate surface area is 96.8 Å². The molecular formula is C14H20O2. The van der Waals surface area contributed by atoms with Gasteiger partial charge in [0.2, 0.25) is 0 Å². The van der Waals surface area contributed by atoms with Gasteiger partial charge in [-0.25, -0.2) is 0 Å². The van der Waals surface area contributed by atoms with E-state index < -0.39 is 0 Å². The standard InChI is InChI=1S/C14H20O2/c15-11-4-2-6-13(16)14-10(8-11)7-9-3-1-5-12(9)14/h9-10,12,14H,1-8H2/t9-,10+,12-,14-/m0/s1. The number of Topliss-reactive ketones (excluding diaryl/α,β-unsaturated/α-hetero) is 2. The van der Waals surface area contributed by atoms with Crippen molar-refractivity contribution in [3.63, 3.8) is 0 Å². The molecule has 3 rings (SSSR count). The van der Waals surface area contributed by atoms with Crippen LogP contribution < -0.4 is 0 Å². The molecule has 0 aliphatic heterocycles. The molecule has 0 bridgehead atoms. The molecule has 2 nitrogen and oxygen atoms in total. The number of fused-ring (bicyclic) bond motifs is 3. The first-order valence-corrected chi connectivity index (χ1v) is 6.80. The van der Waals surface area contributed by atoms with Crippen molar-refractivity contribution in [1.82, 2.24) is 0 Å². The van der Waals surface area contributed by atoms with Gasteiger partial charge in [-0.15, -0.1) is 0 Å². The summed E-state index contributed by atoms with van der Waals surface area (Å²) in [4.78, 5) is 23.9. The summed E-state index contributed by atoms with van der Waals surface area (Å²) in [6.07, 6.45) is 7.82. The lowest BCUT2D eigenvalue weighted by Gasteiger charge is -2.24. The minimum Gasteiger partial charge on any atom is -0.300 e. The summed E-state index contributed by atoms with van der Waals surface area (Å²) in [6, 6.07) is 0. The summed E-state index contributed by atoms with van der Waals surface area (Å²) < 4.78 is 0. The van der Waals surface area contributed by atoms with Crippen LogP contribution in [-0.4, -0.2) is 11.6 Å². The minimum absolute atomic E-state index is 0.261. The van der Waals surface area contributed by atoms with Crippen molar-refractivity contribution in [2.45, 2.75) is 51.4 Å². The van der Waals surface area contributed by atoms with E-state index in [9.17, 15) is 9.59 Å². The van der Waals surface area contributed by atoms with Gasteiger partial charge >= 0.3 is 0 Å². The lowest BCUT2D eigenvalue weighted by atomic mass is 9.78. The molecule has 0 spiro atoms. The first-order valence-electron chi connectivity index (χ1n) is 6.80. The van der Waals surface area contributed by atoms with E-state index in [0.29, 0.717) is 42.7 Å². The van der Waals surface area contributed by atoms with Crippen LogP contribution in [0.1, 0.15) is 51.4 Å². The summed E-state index contributed by atoms with van der Waals surface area (Å²) in [7, 11) is 0. The summed E-state index contributed by atoms with van der Waals surface area (Å²) in [5.41, 5.74) is 0. The molecule has 0 N–H and O–H groups in total. The Bertz CT molecular complexity index is 321. The molecule has 4 atom stereocenters. The van der Waals surface area contributed by atoms with E-state index in [1.807, 2.05) is 0 Å². The van der Waals surface area contributed by atoms with Gasteiger partial charge in [-0.1, -0.05) is 12.8 Å². The molecule has 3 fully saturated rings. The first-order chi connectivity index (χ1) is 7.75. The predicted molar refractivity (Wildman–Crippen MR) is 60.9 cm³/mol. The van der Waals surface area contributed by atoms with Crippen molar-refractivity contribution in [3.8, 4) is 0 Å². The highest BCUT2D eigenvalue weighted by atomic mass is 16.1. The van der Waals surface area contributed by atoms with Crippen LogP contribution in [-0.2, 0) is 9.59 Å². The topological polar surface area (TPSA) is 34.1 Å². The first kappa shape index (κ1) is 10.5. The fourth-order valence-corrected chi connectivity index (χ4v) is 4.45. The Morgan fingerprint density at radius 3 is 2.69 bits per heavy atom. The van der Waals surface area contributed by atoms with Crippen LogP contribution in [0.5, 0.6) is 0 Å². The molecule has 0 radical (unpaired) electrons. The molecule has 0 saturated heterocycles. The van der Waals surface area contributed by atoms with Gasteiger partial charge in [-0.2, -0.15) is 0 Å². The summed E-state index contributed by atoms with van der Waals surface area (Å²) in [5, 5.41) is 0. The molecule has 3 aliphatic carbocycles. The lowest BCUT2D eigenvalue weighted by molar-refractivity contribution is -0.128. The molecule has 88 valence electrons. The number of ketones is 2. The van der Waals surface area contributed by atoms with Crippen LogP contribution in [0.3, 0.4) is 0 Å². The van der Waals surface area contributed by atoms with Gasteiger partial charge in [0, 0.05) is 25.2 Å². The van der Waals surface area contributed by atoms with Crippen LogP contribution in [0.15, 0.2) is 0 Å².